The topological polar surface area (TPSA) is 37.4 Å². The molecule has 1 aliphatic carbocycles. The number of hydrogen-bond donors (Lipinski definition) is 1. The van der Waals surface area contributed by atoms with Gasteiger partial charge in [0.15, 0.2) is 0 Å². The monoisotopic (exact) mass is 289 g/mol. The lowest BCUT2D eigenvalue weighted by atomic mass is 10.1. The summed E-state index contributed by atoms with van der Waals surface area (Å²) < 4.78 is 5.65. The van der Waals surface area contributed by atoms with Crippen LogP contribution in [0.5, 0.6) is 0 Å². The Morgan fingerprint density at radius 3 is 2.90 bits per heavy atom. The van der Waals surface area contributed by atoms with Crippen LogP contribution in [0.1, 0.15) is 43.0 Å². The Morgan fingerprint density at radius 1 is 1.38 bits per heavy atom. The molecule has 1 aromatic rings. The van der Waals surface area contributed by atoms with Crippen molar-refractivity contribution in [1.29, 1.82) is 0 Å². The summed E-state index contributed by atoms with van der Waals surface area (Å²) in [6.45, 7) is 10.1. The quantitative estimate of drug-likeness (QED) is 0.904. The number of anilines is 1. The number of aromatic nitrogens is 1. The highest BCUT2D eigenvalue weighted by Gasteiger charge is 2.27. The first-order valence-corrected chi connectivity index (χ1v) is 8.24. The van der Waals surface area contributed by atoms with E-state index in [4.69, 9.17) is 9.72 Å². The lowest BCUT2D eigenvalue weighted by Crippen LogP contribution is -2.46. The molecule has 21 heavy (non-hydrogen) atoms. The number of ether oxygens (including phenoxy) is 1. The van der Waals surface area contributed by atoms with Crippen LogP contribution in [-0.4, -0.2) is 36.8 Å². The van der Waals surface area contributed by atoms with E-state index in [0.717, 1.165) is 44.5 Å². The predicted octanol–water partition coefficient (Wildman–Crippen LogP) is 2.57. The molecule has 116 valence electrons. The SMILES string of the molecule is CCC1COCCN1c1nc(C)cc(C)c1CNC1CC1. The fourth-order valence-electron chi connectivity index (χ4n) is 3.11. The van der Waals surface area contributed by atoms with Crippen molar-refractivity contribution >= 4 is 5.82 Å². The zero-order valence-electron chi connectivity index (χ0n) is 13.5. The summed E-state index contributed by atoms with van der Waals surface area (Å²) in [7, 11) is 0. The Balaban J connectivity index is 1.89. The molecule has 1 N–H and O–H groups in total. The van der Waals surface area contributed by atoms with E-state index in [-0.39, 0.29) is 0 Å². The summed E-state index contributed by atoms with van der Waals surface area (Å²) >= 11 is 0. The molecule has 0 radical (unpaired) electrons. The third-order valence-corrected chi connectivity index (χ3v) is 4.57. The minimum absolute atomic E-state index is 0.451. The van der Waals surface area contributed by atoms with Crippen LogP contribution < -0.4 is 10.2 Å². The van der Waals surface area contributed by atoms with Crippen molar-refractivity contribution in [2.45, 2.75) is 58.7 Å². The molecular weight excluding hydrogens is 262 g/mol. The second kappa shape index (κ2) is 6.32. The van der Waals surface area contributed by atoms with Gasteiger partial charge < -0.3 is 15.0 Å². The van der Waals surface area contributed by atoms with E-state index in [1.165, 1.54) is 29.8 Å². The average Bonchev–Trinajstić information content (AvgIpc) is 3.30. The molecule has 4 nitrogen and oxygen atoms in total. The molecule has 1 aliphatic heterocycles. The molecule has 0 spiro atoms. The fraction of sp³-hybridized carbons (Fsp3) is 0.706. The van der Waals surface area contributed by atoms with Gasteiger partial charge in [-0.15, -0.1) is 0 Å². The molecule has 1 saturated heterocycles. The van der Waals surface area contributed by atoms with Gasteiger partial charge in [0.1, 0.15) is 5.82 Å². The molecule has 4 heteroatoms. The third kappa shape index (κ3) is 3.38. The van der Waals surface area contributed by atoms with E-state index in [2.05, 4.69) is 37.1 Å². The van der Waals surface area contributed by atoms with Crippen LogP contribution in [0.2, 0.25) is 0 Å². The Hall–Kier alpha value is -1.13. The van der Waals surface area contributed by atoms with Gasteiger partial charge in [-0.1, -0.05) is 6.92 Å². The highest BCUT2D eigenvalue weighted by molar-refractivity contribution is 5.53. The number of pyridine rings is 1. The van der Waals surface area contributed by atoms with Crippen molar-refractivity contribution in [2.24, 2.45) is 0 Å². The number of hydrogen-bond acceptors (Lipinski definition) is 4. The molecule has 1 saturated carbocycles. The van der Waals surface area contributed by atoms with Crippen molar-refractivity contribution in [3.63, 3.8) is 0 Å². The van der Waals surface area contributed by atoms with E-state index < -0.39 is 0 Å². The van der Waals surface area contributed by atoms with Gasteiger partial charge in [-0.05, 0) is 44.7 Å². The predicted molar refractivity (Wildman–Crippen MR) is 85.8 cm³/mol. The van der Waals surface area contributed by atoms with Crippen LogP contribution in [0.4, 0.5) is 5.82 Å². The van der Waals surface area contributed by atoms with Crippen LogP contribution in [0.25, 0.3) is 0 Å². The molecule has 2 heterocycles. The molecule has 0 aromatic carbocycles. The second-order valence-corrected chi connectivity index (χ2v) is 6.37. The van der Waals surface area contributed by atoms with Crippen LogP contribution in [0.3, 0.4) is 0 Å². The smallest absolute Gasteiger partial charge is 0.134 e. The maximum absolute atomic E-state index is 5.65. The number of aryl methyl sites for hydroxylation is 2. The van der Waals surface area contributed by atoms with Gasteiger partial charge in [0.2, 0.25) is 0 Å². The second-order valence-electron chi connectivity index (χ2n) is 6.37. The van der Waals surface area contributed by atoms with Gasteiger partial charge in [-0.3, -0.25) is 0 Å². The average molecular weight is 289 g/mol. The molecule has 3 rings (SSSR count). The van der Waals surface area contributed by atoms with Gasteiger partial charge in [0.25, 0.3) is 0 Å². The minimum Gasteiger partial charge on any atom is -0.377 e. The zero-order chi connectivity index (χ0) is 14.8. The van der Waals surface area contributed by atoms with Crippen molar-refractivity contribution < 1.29 is 4.74 Å². The van der Waals surface area contributed by atoms with Gasteiger partial charge in [0, 0.05) is 30.4 Å². The molecule has 2 aliphatic rings. The normalized spacial score (nSPS) is 22.6. The lowest BCUT2D eigenvalue weighted by Gasteiger charge is -2.37. The van der Waals surface area contributed by atoms with Crippen LogP contribution in [-0.2, 0) is 11.3 Å². The highest BCUT2D eigenvalue weighted by Crippen LogP contribution is 2.28. The first kappa shape index (κ1) is 14.8. The number of morpholine rings is 1. The third-order valence-electron chi connectivity index (χ3n) is 4.57. The van der Waals surface area contributed by atoms with Crippen molar-refractivity contribution in [3.8, 4) is 0 Å². The van der Waals surface area contributed by atoms with Crippen LogP contribution >= 0.6 is 0 Å². The standard InChI is InChI=1S/C17H27N3O/c1-4-15-11-21-8-7-20(15)17-16(10-18-14-5-6-14)12(2)9-13(3)19-17/h9,14-15,18H,4-8,10-11H2,1-3H3. The molecular formula is C17H27N3O. The Morgan fingerprint density at radius 2 is 2.19 bits per heavy atom. The van der Waals surface area contributed by atoms with Crippen molar-refractivity contribution in [1.82, 2.24) is 10.3 Å². The van der Waals surface area contributed by atoms with Gasteiger partial charge in [0.05, 0.1) is 19.3 Å². The number of nitrogens with zero attached hydrogens (tertiary/aromatic N) is 2. The van der Waals surface area contributed by atoms with Gasteiger partial charge in [-0.2, -0.15) is 0 Å². The molecule has 0 amide bonds. The maximum Gasteiger partial charge on any atom is 0.134 e. The van der Waals surface area contributed by atoms with E-state index in [1.807, 2.05) is 0 Å². The largest absolute Gasteiger partial charge is 0.377 e. The Kier molecular flexibility index (Phi) is 4.45. The van der Waals surface area contributed by atoms with E-state index in [0.29, 0.717) is 6.04 Å². The van der Waals surface area contributed by atoms with Crippen molar-refractivity contribution in [2.75, 3.05) is 24.7 Å². The summed E-state index contributed by atoms with van der Waals surface area (Å²) in [6, 6.07) is 3.38. The summed E-state index contributed by atoms with van der Waals surface area (Å²) in [4.78, 5) is 7.35. The highest BCUT2D eigenvalue weighted by atomic mass is 16.5. The summed E-state index contributed by atoms with van der Waals surface area (Å²) in [5.74, 6) is 1.18. The minimum atomic E-state index is 0.451. The van der Waals surface area contributed by atoms with E-state index >= 15 is 0 Å². The van der Waals surface area contributed by atoms with Crippen molar-refractivity contribution in [3.05, 3.63) is 22.9 Å². The first-order chi connectivity index (χ1) is 10.2. The zero-order valence-corrected chi connectivity index (χ0v) is 13.5. The maximum atomic E-state index is 5.65. The summed E-state index contributed by atoms with van der Waals surface area (Å²) in [5.41, 5.74) is 3.83. The molecule has 1 atom stereocenters. The summed E-state index contributed by atoms with van der Waals surface area (Å²) in [6.07, 6.45) is 3.75. The molecule has 0 bridgehead atoms. The van der Waals surface area contributed by atoms with Crippen LogP contribution in [0.15, 0.2) is 6.07 Å². The lowest BCUT2D eigenvalue weighted by molar-refractivity contribution is 0.0924. The fourth-order valence-corrected chi connectivity index (χ4v) is 3.11. The van der Waals surface area contributed by atoms with Gasteiger partial charge in [-0.25, -0.2) is 4.98 Å². The molecule has 2 fully saturated rings. The number of nitrogens with one attached hydrogen (secondary N) is 1. The number of rotatable bonds is 5. The molecule has 1 aromatic heterocycles. The van der Waals surface area contributed by atoms with E-state index in [1.54, 1.807) is 0 Å². The van der Waals surface area contributed by atoms with E-state index in [9.17, 15) is 0 Å². The Labute approximate surface area is 127 Å². The van der Waals surface area contributed by atoms with Crippen LogP contribution in [0, 0.1) is 13.8 Å². The van der Waals surface area contributed by atoms with Gasteiger partial charge >= 0.3 is 0 Å². The first-order valence-electron chi connectivity index (χ1n) is 8.24. The summed E-state index contributed by atoms with van der Waals surface area (Å²) in [5, 5.41) is 3.65. The molecule has 1 unspecified atom stereocenters. The Bertz CT molecular complexity index is 499.